The number of carbonyl (C=O) groups excluding carboxylic acids is 1. The van der Waals surface area contributed by atoms with Crippen LogP contribution in [0.2, 0.25) is 0 Å². The van der Waals surface area contributed by atoms with E-state index < -0.39 is 0 Å². The molecule has 0 saturated carbocycles. The first-order chi connectivity index (χ1) is 11.0. The van der Waals surface area contributed by atoms with Crippen molar-refractivity contribution in [2.45, 2.75) is 47.5 Å². The van der Waals surface area contributed by atoms with Crippen molar-refractivity contribution < 1.29 is 4.79 Å². The van der Waals surface area contributed by atoms with Gasteiger partial charge in [-0.25, -0.2) is 0 Å². The summed E-state index contributed by atoms with van der Waals surface area (Å²) in [4.78, 5) is 14.0. The van der Waals surface area contributed by atoms with E-state index in [0.29, 0.717) is 11.8 Å². The van der Waals surface area contributed by atoms with Gasteiger partial charge in [0.25, 0.3) is 0 Å². The maximum Gasteiger partial charge on any atom is 0.246 e. The van der Waals surface area contributed by atoms with Gasteiger partial charge in [-0.05, 0) is 44.6 Å². The predicted octanol–water partition coefficient (Wildman–Crippen LogP) is 4.85. The summed E-state index contributed by atoms with van der Waals surface area (Å²) in [5.74, 6) is 3.90. The molecule has 2 heteroatoms. The highest BCUT2D eigenvalue weighted by Crippen LogP contribution is 2.18. The smallest absolute Gasteiger partial charge is 0.246 e. The number of nitrogens with zero attached hydrogens (tertiary/aromatic N) is 1. The zero-order valence-corrected chi connectivity index (χ0v) is 15.5. The molecule has 0 aromatic carbocycles. The van der Waals surface area contributed by atoms with Crippen molar-refractivity contribution in [3.8, 4) is 12.3 Å². The second-order valence-corrected chi connectivity index (χ2v) is 6.05. The van der Waals surface area contributed by atoms with E-state index in [-0.39, 0.29) is 11.8 Å². The Kier molecular flexibility index (Phi) is 11.8. The van der Waals surface area contributed by atoms with Gasteiger partial charge in [-0.2, -0.15) is 0 Å². The summed E-state index contributed by atoms with van der Waals surface area (Å²) >= 11 is 0. The Balaban J connectivity index is 4.55. The number of carbonyl (C=O) groups is 1. The van der Waals surface area contributed by atoms with Crippen LogP contribution in [0.25, 0.3) is 0 Å². The van der Waals surface area contributed by atoms with Gasteiger partial charge < -0.3 is 4.90 Å². The molecule has 0 heterocycles. The van der Waals surface area contributed by atoms with Crippen LogP contribution in [0.3, 0.4) is 0 Å². The van der Waals surface area contributed by atoms with Crippen LogP contribution >= 0.6 is 0 Å². The standard InChI is InChI=1S/C21H33NO/c1-7-11-20(10-4)14-13-18(5)19(6)15-17-22(16-9-3)21(23)12-8-2/h4,7-8,11-14,18-20H,9,15-17H2,1-3,5-6H3/b11-7?,12-8+,14-13-. The minimum absolute atomic E-state index is 0.0718. The van der Waals surface area contributed by atoms with Crippen molar-refractivity contribution >= 4 is 5.91 Å². The van der Waals surface area contributed by atoms with E-state index >= 15 is 0 Å². The summed E-state index contributed by atoms with van der Waals surface area (Å²) < 4.78 is 0. The van der Waals surface area contributed by atoms with E-state index in [9.17, 15) is 4.79 Å². The lowest BCUT2D eigenvalue weighted by atomic mass is 9.91. The minimum atomic E-state index is 0.0718. The summed E-state index contributed by atoms with van der Waals surface area (Å²) in [5, 5.41) is 0. The zero-order chi connectivity index (χ0) is 17.7. The molecule has 0 fully saturated rings. The molecule has 3 atom stereocenters. The maximum atomic E-state index is 12.0. The van der Waals surface area contributed by atoms with E-state index in [1.165, 1.54) is 0 Å². The van der Waals surface area contributed by atoms with Gasteiger partial charge in [0.1, 0.15) is 0 Å². The lowest BCUT2D eigenvalue weighted by molar-refractivity contribution is -0.126. The normalized spacial score (nSPS) is 15.8. The third-order valence-corrected chi connectivity index (χ3v) is 4.08. The van der Waals surface area contributed by atoms with Crippen molar-refractivity contribution in [3.63, 3.8) is 0 Å². The fraction of sp³-hybridized carbons (Fsp3) is 0.571. The summed E-state index contributed by atoms with van der Waals surface area (Å²) in [6.45, 7) is 12.0. The van der Waals surface area contributed by atoms with Gasteiger partial charge in [0.2, 0.25) is 5.91 Å². The highest BCUT2D eigenvalue weighted by Gasteiger charge is 2.14. The van der Waals surface area contributed by atoms with E-state index in [1.54, 1.807) is 12.2 Å². The minimum Gasteiger partial charge on any atom is -0.339 e. The molecule has 1 amide bonds. The molecule has 2 nitrogen and oxygen atoms in total. The number of hydrogen-bond donors (Lipinski definition) is 0. The van der Waals surface area contributed by atoms with Crippen LogP contribution in [-0.4, -0.2) is 23.9 Å². The molecule has 0 bridgehead atoms. The van der Waals surface area contributed by atoms with Gasteiger partial charge in [0, 0.05) is 13.1 Å². The van der Waals surface area contributed by atoms with Crippen LogP contribution in [0.4, 0.5) is 0 Å². The molecule has 0 spiro atoms. The van der Waals surface area contributed by atoms with Crippen molar-refractivity contribution in [2.75, 3.05) is 13.1 Å². The molecule has 128 valence electrons. The molecule has 0 aromatic heterocycles. The quantitative estimate of drug-likeness (QED) is 0.321. The predicted molar refractivity (Wildman–Crippen MR) is 101 cm³/mol. The number of allylic oxidation sites excluding steroid dienone is 5. The molecular formula is C21H33NO. The summed E-state index contributed by atoms with van der Waals surface area (Å²) in [6.07, 6.45) is 19.3. The average molecular weight is 316 g/mol. The second-order valence-electron chi connectivity index (χ2n) is 6.05. The first kappa shape index (κ1) is 21.2. The van der Waals surface area contributed by atoms with Gasteiger partial charge in [0.15, 0.2) is 0 Å². The van der Waals surface area contributed by atoms with Crippen LogP contribution in [0.1, 0.15) is 47.5 Å². The number of terminal acetylenes is 1. The van der Waals surface area contributed by atoms with Gasteiger partial charge in [-0.1, -0.05) is 57.1 Å². The van der Waals surface area contributed by atoms with Gasteiger partial charge in [-0.15, -0.1) is 6.42 Å². The molecular weight excluding hydrogens is 282 g/mol. The van der Waals surface area contributed by atoms with Crippen molar-refractivity contribution in [2.24, 2.45) is 17.8 Å². The number of hydrogen-bond acceptors (Lipinski definition) is 1. The monoisotopic (exact) mass is 315 g/mol. The number of rotatable bonds is 10. The summed E-state index contributed by atoms with van der Waals surface area (Å²) in [5.41, 5.74) is 0. The number of amides is 1. The Hall–Kier alpha value is -1.75. The highest BCUT2D eigenvalue weighted by molar-refractivity contribution is 5.87. The van der Waals surface area contributed by atoms with Crippen molar-refractivity contribution in [1.29, 1.82) is 0 Å². The van der Waals surface area contributed by atoms with E-state index in [2.05, 4.69) is 38.8 Å². The molecule has 3 unspecified atom stereocenters. The van der Waals surface area contributed by atoms with Crippen LogP contribution < -0.4 is 0 Å². The highest BCUT2D eigenvalue weighted by atomic mass is 16.2. The SMILES string of the molecule is C#CC(C=CC)/C=C\C(C)C(C)CCN(CCC)C(=O)/C=C/C. The lowest BCUT2D eigenvalue weighted by Crippen LogP contribution is -2.32. The lowest BCUT2D eigenvalue weighted by Gasteiger charge is -2.24. The Labute approximate surface area is 143 Å². The molecule has 0 aliphatic carbocycles. The van der Waals surface area contributed by atoms with Crippen LogP contribution in [-0.2, 0) is 4.79 Å². The zero-order valence-electron chi connectivity index (χ0n) is 15.5. The molecule has 0 rings (SSSR count). The first-order valence-corrected chi connectivity index (χ1v) is 8.68. The molecule has 0 radical (unpaired) electrons. The van der Waals surface area contributed by atoms with Crippen LogP contribution in [0, 0.1) is 30.1 Å². The topological polar surface area (TPSA) is 20.3 Å². The van der Waals surface area contributed by atoms with Crippen LogP contribution in [0.15, 0.2) is 36.5 Å². The molecule has 0 aliphatic rings. The fourth-order valence-electron chi connectivity index (χ4n) is 2.34. The second kappa shape index (κ2) is 12.8. The van der Waals surface area contributed by atoms with Crippen molar-refractivity contribution in [3.05, 3.63) is 36.5 Å². The first-order valence-electron chi connectivity index (χ1n) is 8.68. The summed E-state index contributed by atoms with van der Waals surface area (Å²) in [6, 6.07) is 0. The Bertz CT molecular complexity index is 453. The Morgan fingerprint density at radius 2 is 1.83 bits per heavy atom. The van der Waals surface area contributed by atoms with Gasteiger partial charge in [-0.3, -0.25) is 4.79 Å². The Morgan fingerprint density at radius 1 is 1.13 bits per heavy atom. The summed E-state index contributed by atoms with van der Waals surface area (Å²) in [7, 11) is 0. The molecule has 0 aliphatic heterocycles. The van der Waals surface area contributed by atoms with Crippen molar-refractivity contribution in [1.82, 2.24) is 4.90 Å². The molecule has 0 saturated heterocycles. The van der Waals surface area contributed by atoms with Gasteiger partial charge in [0.05, 0.1) is 5.92 Å². The van der Waals surface area contributed by atoms with E-state index in [4.69, 9.17) is 6.42 Å². The third-order valence-electron chi connectivity index (χ3n) is 4.08. The fourth-order valence-corrected chi connectivity index (χ4v) is 2.34. The maximum absolute atomic E-state index is 12.0. The average Bonchev–Trinajstić information content (AvgIpc) is 2.54. The molecule has 0 N–H and O–H groups in total. The molecule has 0 aromatic rings. The van der Waals surface area contributed by atoms with E-state index in [0.717, 1.165) is 25.9 Å². The largest absolute Gasteiger partial charge is 0.339 e. The van der Waals surface area contributed by atoms with Gasteiger partial charge >= 0.3 is 0 Å². The molecule has 23 heavy (non-hydrogen) atoms. The van der Waals surface area contributed by atoms with E-state index in [1.807, 2.05) is 30.9 Å². The Morgan fingerprint density at radius 3 is 2.35 bits per heavy atom. The third kappa shape index (κ3) is 9.08. The van der Waals surface area contributed by atoms with Crippen LogP contribution in [0.5, 0.6) is 0 Å².